The minimum absolute atomic E-state index is 0.638. The highest BCUT2D eigenvalue weighted by Crippen LogP contribution is 2.31. The largest absolute Gasteiger partial charge is 0.493 e. The molecule has 102 valence electrons. The molecule has 0 spiro atoms. The van der Waals surface area contributed by atoms with Crippen LogP contribution in [0.15, 0.2) is 48.5 Å². The SMILES string of the molecule is O=Cc1ccc(Oc2cccc(OCC3CC3)c2)cc1. The summed E-state index contributed by atoms with van der Waals surface area (Å²) < 4.78 is 11.5. The number of hydrogen-bond donors (Lipinski definition) is 0. The molecule has 1 aliphatic carbocycles. The molecule has 0 saturated heterocycles. The van der Waals surface area contributed by atoms with Gasteiger partial charge in [-0.25, -0.2) is 0 Å². The summed E-state index contributed by atoms with van der Waals surface area (Å²) in [6, 6.07) is 14.6. The number of rotatable bonds is 6. The van der Waals surface area contributed by atoms with E-state index in [2.05, 4.69) is 0 Å². The van der Waals surface area contributed by atoms with Crippen LogP contribution in [0.25, 0.3) is 0 Å². The number of aldehydes is 1. The molecule has 0 heterocycles. The van der Waals surface area contributed by atoms with Gasteiger partial charge in [0.15, 0.2) is 0 Å². The third kappa shape index (κ3) is 3.38. The van der Waals surface area contributed by atoms with E-state index in [1.165, 1.54) is 12.8 Å². The van der Waals surface area contributed by atoms with E-state index in [0.717, 1.165) is 30.3 Å². The van der Waals surface area contributed by atoms with Gasteiger partial charge in [-0.1, -0.05) is 6.07 Å². The van der Waals surface area contributed by atoms with E-state index in [9.17, 15) is 4.79 Å². The van der Waals surface area contributed by atoms with Gasteiger partial charge in [-0.3, -0.25) is 4.79 Å². The van der Waals surface area contributed by atoms with E-state index in [4.69, 9.17) is 9.47 Å². The van der Waals surface area contributed by atoms with E-state index >= 15 is 0 Å². The molecular weight excluding hydrogens is 252 g/mol. The number of carbonyl (C=O) groups is 1. The van der Waals surface area contributed by atoms with Gasteiger partial charge in [0.25, 0.3) is 0 Å². The van der Waals surface area contributed by atoms with Gasteiger partial charge < -0.3 is 9.47 Å². The molecule has 2 aromatic rings. The van der Waals surface area contributed by atoms with Gasteiger partial charge in [-0.15, -0.1) is 0 Å². The molecule has 3 nitrogen and oxygen atoms in total. The highest BCUT2D eigenvalue weighted by molar-refractivity contribution is 5.74. The minimum atomic E-state index is 0.638. The van der Waals surface area contributed by atoms with Crippen molar-refractivity contribution >= 4 is 6.29 Å². The van der Waals surface area contributed by atoms with Crippen LogP contribution in [0.3, 0.4) is 0 Å². The third-order valence-corrected chi connectivity index (χ3v) is 3.24. The first-order valence-corrected chi connectivity index (χ1v) is 6.79. The van der Waals surface area contributed by atoms with Crippen molar-refractivity contribution in [2.45, 2.75) is 12.8 Å². The Morgan fingerprint density at radius 3 is 2.45 bits per heavy atom. The van der Waals surface area contributed by atoms with Gasteiger partial charge in [-0.2, -0.15) is 0 Å². The van der Waals surface area contributed by atoms with Crippen molar-refractivity contribution in [3.05, 3.63) is 54.1 Å². The highest BCUT2D eigenvalue weighted by atomic mass is 16.5. The summed E-state index contributed by atoms with van der Waals surface area (Å²) in [6.45, 7) is 0.789. The topological polar surface area (TPSA) is 35.5 Å². The van der Waals surface area contributed by atoms with Crippen LogP contribution < -0.4 is 9.47 Å². The lowest BCUT2D eigenvalue weighted by Crippen LogP contribution is -1.98. The monoisotopic (exact) mass is 268 g/mol. The molecule has 0 aliphatic heterocycles. The first-order chi connectivity index (χ1) is 9.83. The van der Waals surface area contributed by atoms with Gasteiger partial charge in [0.2, 0.25) is 0 Å². The zero-order chi connectivity index (χ0) is 13.8. The Morgan fingerprint density at radius 1 is 1.00 bits per heavy atom. The van der Waals surface area contributed by atoms with Crippen molar-refractivity contribution in [3.63, 3.8) is 0 Å². The molecule has 0 amide bonds. The van der Waals surface area contributed by atoms with Crippen LogP contribution >= 0.6 is 0 Å². The number of ether oxygens (including phenoxy) is 2. The molecule has 1 fully saturated rings. The van der Waals surface area contributed by atoms with E-state index in [1.54, 1.807) is 24.3 Å². The molecule has 0 radical (unpaired) electrons. The van der Waals surface area contributed by atoms with E-state index < -0.39 is 0 Å². The van der Waals surface area contributed by atoms with Crippen LogP contribution in [0.2, 0.25) is 0 Å². The lowest BCUT2D eigenvalue weighted by Gasteiger charge is -2.09. The summed E-state index contributed by atoms with van der Waals surface area (Å²) in [6.07, 6.45) is 3.37. The quantitative estimate of drug-likeness (QED) is 0.740. The van der Waals surface area contributed by atoms with E-state index in [0.29, 0.717) is 11.3 Å². The molecule has 1 saturated carbocycles. The molecule has 0 N–H and O–H groups in total. The maximum Gasteiger partial charge on any atom is 0.150 e. The maximum absolute atomic E-state index is 10.6. The summed E-state index contributed by atoms with van der Waals surface area (Å²) in [5.41, 5.74) is 0.638. The van der Waals surface area contributed by atoms with E-state index in [1.807, 2.05) is 24.3 Å². The minimum Gasteiger partial charge on any atom is -0.493 e. The fourth-order valence-electron chi connectivity index (χ4n) is 1.88. The Labute approximate surface area is 118 Å². The van der Waals surface area contributed by atoms with Crippen molar-refractivity contribution in [1.29, 1.82) is 0 Å². The van der Waals surface area contributed by atoms with Gasteiger partial charge in [-0.05, 0) is 55.2 Å². The molecule has 20 heavy (non-hydrogen) atoms. The second kappa shape index (κ2) is 5.78. The first-order valence-electron chi connectivity index (χ1n) is 6.79. The van der Waals surface area contributed by atoms with Crippen LogP contribution in [-0.2, 0) is 0 Å². The standard InChI is InChI=1S/C17H16O3/c18-11-13-6-8-15(9-7-13)20-17-3-1-2-16(10-17)19-12-14-4-5-14/h1-3,6-11,14H,4-5,12H2. The fourth-order valence-corrected chi connectivity index (χ4v) is 1.88. The summed E-state index contributed by atoms with van der Waals surface area (Å²) in [5, 5.41) is 0. The predicted octanol–water partition coefficient (Wildman–Crippen LogP) is 4.08. The summed E-state index contributed by atoms with van der Waals surface area (Å²) in [7, 11) is 0. The summed E-state index contributed by atoms with van der Waals surface area (Å²) >= 11 is 0. The molecule has 1 aliphatic rings. The lowest BCUT2D eigenvalue weighted by atomic mass is 10.2. The molecule has 2 aromatic carbocycles. The van der Waals surface area contributed by atoms with Gasteiger partial charge in [0.05, 0.1) is 6.61 Å². The zero-order valence-electron chi connectivity index (χ0n) is 11.1. The molecule has 0 unspecified atom stereocenters. The first kappa shape index (κ1) is 12.7. The van der Waals surface area contributed by atoms with Crippen LogP contribution in [0, 0.1) is 5.92 Å². The van der Waals surface area contributed by atoms with E-state index in [-0.39, 0.29) is 0 Å². The Bertz CT molecular complexity index is 585. The summed E-state index contributed by atoms with van der Waals surface area (Å²) in [4.78, 5) is 10.6. The molecule has 0 atom stereocenters. The molecule has 3 rings (SSSR count). The van der Waals surface area contributed by atoms with Gasteiger partial charge in [0, 0.05) is 11.6 Å². The second-order valence-electron chi connectivity index (χ2n) is 5.02. The fraction of sp³-hybridized carbons (Fsp3) is 0.235. The molecular formula is C17H16O3. The molecule has 3 heteroatoms. The molecule has 0 bridgehead atoms. The Kier molecular flexibility index (Phi) is 3.68. The van der Waals surface area contributed by atoms with Crippen LogP contribution in [0.5, 0.6) is 17.2 Å². The smallest absolute Gasteiger partial charge is 0.150 e. The Hall–Kier alpha value is -2.29. The normalized spacial score (nSPS) is 13.8. The molecule has 0 aromatic heterocycles. The lowest BCUT2D eigenvalue weighted by molar-refractivity contribution is 0.112. The van der Waals surface area contributed by atoms with Gasteiger partial charge >= 0.3 is 0 Å². The number of hydrogen-bond acceptors (Lipinski definition) is 3. The third-order valence-electron chi connectivity index (χ3n) is 3.24. The van der Waals surface area contributed by atoms with Crippen LogP contribution in [0.4, 0.5) is 0 Å². The number of benzene rings is 2. The zero-order valence-corrected chi connectivity index (χ0v) is 11.1. The average molecular weight is 268 g/mol. The van der Waals surface area contributed by atoms with Crippen molar-refractivity contribution in [3.8, 4) is 17.2 Å². The van der Waals surface area contributed by atoms with Crippen molar-refractivity contribution in [2.75, 3.05) is 6.61 Å². The second-order valence-corrected chi connectivity index (χ2v) is 5.02. The Balaban J connectivity index is 1.65. The van der Waals surface area contributed by atoms with Crippen molar-refractivity contribution in [2.24, 2.45) is 5.92 Å². The average Bonchev–Trinajstić information content (AvgIpc) is 3.31. The van der Waals surface area contributed by atoms with Crippen LogP contribution in [-0.4, -0.2) is 12.9 Å². The highest BCUT2D eigenvalue weighted by Gasteiger charge is 2.21. The Morgan fingerprint density at radius 2 is 1.75 bits per heavy atom. The summed E-state index contributed by atoms with van der Waals surface area (Å²) in [5.74, 6) is 3.00. The van der Waals surface area contributed by atoms with Crippen LogP contribution in [0.1, 0.15) is 23.2 Å². The number of carbonyl (C=O) groups excluding carboxylic acids is 1. The van der Waals surface area contributed by atoms with Gasteiger partial charge in [0.1, 0.15) is 23.5 Å². The van der Waals surface area contributed by atoms with Crippen molar-refractivity contribution < 1.29 is 14.3 Å². The van der Waals surface area contributed by atoms with Crippen molar-refractivity contribution in [1.82, 2.24) is 0 Å². The maximum atomic E-state index is 10.6. The predicted molar refractivity (Wildman–Crippen MR) is 76.6 cm³/mol.